The van der Waals surface area contributed by atoms with Crippen molar-refractivity contribution in [3.8, 4) is 0 Å². The van der Waals surface area contributed by atoms with Crippen molar-refractivity contribution >= 4 is 32.9 Å². The van der Waals surface area contributed by atoms with Gasteiger partial charge in [0, 0.05) is 16.1 Å². The van der Waals surface area contributed by atoms with Crippen molar-refractivity contribution in [3.63, 3.8) is 0 Å². The van der Waals surface area contributed by atoms with Gasteiger partial charge in [0.25, 0.3) is 0 Å². The summed E-state index contributed by atoms with van der Waals surface area (Å²) in [7, 11) is 0. The van der Waals surface area contributed by atoms with E-state index >= 15 is 0 Å². The van der Waals surface area contributed by atoms with Crippen molar-refractivity contribution in [1.82, 2.24) is 15.3 Å². The highest BCUT2D eigenvalue weighted by Crippen LogP contribution is 2.17. The van der Waals surface area contributed by atoms with Gasteiger partial charge in [0.1, 0.15) is 0 Å². The third-order valence-electron chi connectivity index (χ3n) is 2.01. The zero-order chi connectivity index (χ0) is 11.5. The van der Waals surface area contributed by atoms with Crippen molar-refractivity contribution in [2.24, 2.45) is 0 Å². The molecule has 2 heterocycles. The number of hydrogen-bond acceptors (Lipinski definition) is 3. The lowest BCUT2D eigenvalue weighted by Crippen LogP contribution is -2.20. The molecule has 0 bridgehead atoms. The van der Waals surface area contributed by atoms with Gasteiger partial charge in [0.05, 0.1) is 24.0 Å². The van der Waals surface area contributed by atoms with Crippen molar-refractivity contribution < 1.29 is 9.90 Å². The highest BCUT2D eigenvalue weighted by atomic mass is 79.9. The van der Waals surface area contributed by atoms with E-state index < -0.39 is 6.09 Å². The molecule has 0 aromatic carbocycles. The number of aromatic nitrogens is 2. The number of carbonyl (C=O) groups is 1. The normalized spacial score (nSPS) is 10.3. The summed E-state index contributed by atoms with van der Waals surface area (Å²) in [6.45, 7) is 0.192. The summed E-state index contributed by atoms with van der Waals surface area (Å²) in [6, 6.07) is 3.72. The Balaban J connectivity index is 2.31. The Morgan fingerprint density at radius 1 is 1.38 bits per heavy atom. The van der Waals surface area contributed by atoms with E-state index in [1.165, 1.54) is 0 Å². The van der Waals surface area contributed by atoms with Crippen molar-refractivity contribution in [2.45, 2.75) is 6.54 Å². The molecule has 0 radical (unpaired) electrons. The van der Waals surface area contributed by atoms with Gasteiger partial charge in [0.2, 0.25) is 0 Å². The predicted octanol–water partition coefficient (Wildman–Crippen LogP) is 2.16. The van der Waals surface area contributed by atoms with Gasteiger partial charge in [-0.1, -0.05) is 0 Å². The van der Waals surface area contributed by atoms with Gasteiger partial charge in [-0.3, -0.25) is 9.97 Å². The highest BCUT2D eigenvalue weighted by Gasteiger charge is 2.01. The number of carboxylic acid groups (broad SMARTS) is 1. The molecular weight excluding hydrogens is 274 g/mol. The van der Waals surface area contributed by atoms with Crippen LogP contribution in [0.4, 0.5) is 4.79 Å². The number of rotatable bonds is 2. The van der Waals surface area contributed by atoms with Gasteiger partial charge in [0.15, 0.2) is 0 Å². The van der Waals surface area contributed by atoms with E-state index in [9.17, 15) is 4.79 Å². The van der Waals surface area contributed by atoms with Crippen LogP contribution in [0.25, 0.3) is 10.9 Å². The van der Waals surface area contributed by atoms with E-state index in [1.807, 2.05) is 12.1 Å². The van der Waals surface area contributed by atoms with Gasteiger partial charge in [-0.2, -0.15) is 0 Å². The number of pyridine rings is 2. The number of nitrogens with zero attached hydrogens (tertiary/aromatic N) is 2. The van der Waals surface area contributed by atoms with Gasteiger partial charge in [-0.05, 0) is 28.1 Å². The molecule has 0 unspecified atom stereocenters. The lowest BCUT2D eigenvalue weighted by Gasteiger charge is -2.02. The maximum Gasteiger partial charge on any atom is 0.404 e. The fourth-order valence-corrected chi connectivity index (χ4v) is 1.66. The Bertz CT molecular complexity index is 545. The van der Waals surface area contributed by atoms with Crippen molar-refractivity contribution in [1.29, 1.82) is 0 Å². The summed E-state index contributed by atoms with van der Waals surface area (Å²) in [5, 5.41) is 11.7. The van der Waals surface area contributed by atoms with Gasteiger partial charge >= 0.3 is 6.09 Å². The summed E-state index contributed by atoms with van der Waals surface area (Å²) in [6.07, 6.45) is 2.26. The largest absolute Gasteiger partial charge is 0.465 e. The molecule has 5 nitrogen and oxygen atoms in total. The molecule has 0 fully saturated rings. The number of amides is 1. The molecule has 1 amide bonds. The second-order valence-corrected chi connectivity index (χ2v) is 4.10. The van der Waals surface area contributed by atoms with E-state index in [0.717, 1.165) is 15.4 Å². The topological polar surface area (TPSA) is 75.1 Å². The Labute approximate surface area is 99.7 Å². The third kappa shape index (κ3) is 2.46. The molecule has 0 atom stereocenters. The van der Waals surface area contributed by atoms with E-state index in [4.69, 9.17) is 5.11 Å². The van der Waals surface area contributed by atoms with Crippen LogP contribution < -0.4 is 5.32 Å². The van der Waals surface area contributed by atoms with Crippen molar-refractivity contribution in [3.05, 3.63) is 34.7 Å². The first-order valence-electron chi connectivity index (χ1n) is 4.52. The van der Waals surface area contributed by atoms with E-state index in [-0.39, 0.29) is 6.54 Å². The number of fused-ring (bicyclic) bond motifs is 1. The number of halogens is 1. The summed E-state index contributed by atoms with van der Waals surface area (Å²) < 4.78 is 0.878. The van der Waals surface area contributed by atoms with Crippen LogP contribution in [0.5, 0.6) is 0 Å². The molecule has 0 saturated heterocycles. The SMILES string of the molecule is O=C(O)NCc1cc2cc(Br)cnc2cn1. The van der Waals surface area contributed by atoms with E-state index in [1.54, 1.807) is 12.4 Å². The molecule has 2 N–H and O–H groups in total. The van der Waals surface area contributed by atoms with E-state index in [2.05, 4.69) is 31.2 Å². The lowest BCUT2D eigenvalue weighted by molar-refractivity contribution is 0.194. The molecule has 2 aromatic rings. The highest BCUT2D eigenvalue weighted by molar-refractivity contribution is 9.10. The fourth-order valence-electron chi connectivity index (χ4n) is 1.31. The average molecular weight is 282 g/mol. The van der Waals surface area contributed by atoms with Gasteiger partial charge < -0.3 is 10.4 Å². The first kappa shape index (κ1) is 10.8. The van der Waals surface area contributed by atoms with Crippen molar-refractivity contribution in [2.75, 3.05) is 0 Å². The molecule has 0 aliphatic heterocycles. The first-order chi connectivity index (χ1) is 7.65. The minimum atomic E-state index is -1.06. The molecular formula is C10H8BrN3O2. The Hall–Kier alpha value is -1.69. The number of hydrogen-bond donors (Lipinski definition) is 2. The monoisotopic (exact) mass is 281 g/mol. The molecule has 0 aliphatic rings. The summed E-state index contributed by atoms with van der Waals surface area (Å²) in [5.74, 6) is 0. The fraction of sp³-hybridized carbons (Fsp3) is 0.100. The maximum absolute atomic E-state index is 10.3. The van der Waals surface area contributed by atoms with Crippen LogP contribution in [0, 0.1) is 0 Å². The molecule has 0 aliphatic carbocycles. The minimum Gasteiger partial charge on any atom is -0.465 e. The lowest BCUT2D eigenvalue weighted by atomic mass is 10.2. The van der Waals surface area contributed by atoms with Gasteiger partial charge in [-0.15, -0.1) is 0 Å². The Kier molecular flexibility index (Phi) is 3.00. The molecule has 0 saturated carbocycles. The summed E-state index contributed by atoms with van der Waals surface area (Å²) >= 11 is 3.33. The summed E-state index contributed by atoms with van der Waals surface area (Å²) in [4.78, 5) is 18.6. The van der Waals surface area contributed by atoms with Crippen LogP contribution in [0.1, 0.15) is 5.69 Å². The van der Waals surface area contributed by atoms with Gasteiger partial charge in [-0.25, -0.2) is 4.79 Å². The summed E-state index contributed by atoms with van der Waals surface area (Å²) in [5.41, 5.74) is 1.44. The molecule has 0 spiro atoms. The molecule has 82 valence electrons. The van der Waals surface area contributed by atoms with Crippen LogP contribution in [0.2, 0.25) is 0 Å². The van der Waals surface area contributed by atoms with Crippen LogP contribution in [-0.4, -0.2) is 21.2 Å². The standard InChI is InChI=1S/C10H8BrN3O2/c11-7-1-6-2-8(4-14-10(15)16)12-5-9(6)13-3-7/h1-3,5,14H,4H2,(H,15,16). The van der Waals surface area contributed by atoms with E-state index in [0.29, 0.717) is 5.69 Å². The average Bonchev–Trinajstić information content (AvgIpc) is 2.25. The molecule has 2 aromatic heterocycles. The van der Waals surface area contributed by atoms with Crippen LogP contribution in [0.3, 0.4) is 0 Å². The Morgan fingerprint density at radius 2 is 2.19 bits per heavy atom. The third-order valence-corrected chi connectivity index (χ3v) is 2.45. The number of nitrogens with one attached hydrogen (secondary N) is 1. The van der Waals surface area contributed by atoms with Crippen LogP contribution in [0.15, 0.2) is 29.0 Å². The van der Waals surface area contributed by atoms with Crippen LogP contribution >= 0.6 is 15.9 Å². The molecule has 16 heavy (non-hydrogen) atoms. The zero-order valence-electron chi connectivity index (χ0n) is 8.14. The zero-order valence-corrected chi connectivity index (χ0v) is 9.73. The second-order valence-electron chi connectivity index (χ2n) is 3.18. The quantitative estimate of drug-likeness (QED) is 0.885. The molecule has 2 rings (SSSR count). The second kappa shape index (κ2) is 4.44. The first-order valence-corrected chi connectivity index (χ1v) is 5.31. The smallest absolute Gasteiger partial charge is 0.404 e. The minimum absolute atomic E-state index is 0.192. The maximum atomic E-state index is 10.3. The molecule has 6 heteroatoms. The van der Waals surface area contributed by atoms with Crippen LogP contribution in [-0.2, 0) is 6.54 Å². The Morgan fingerprint density at radius 3 is 2.94 bits per heavy atom. The predicted molar refractivity (Wildman–Crippen MR) is 62.1 cm³/mol.